The molecule has 0 amide bonds. The van der Waals surface area contributed by atoms with Gasteiger partial charge in [0.05, 0.1) is 17.6 Å². The Morgan fingerprint density at radius 1 is 0.700 bits per heavy atom. The molecular weight excluding hydrogens is 596 g/mol. The molecule has 0 N–H and O–H groups in total. The lowest BCUT2D eigenvalue weighted by molar-refractivity contribution is 0.304. The summed E-state index contributed by atoms with van der Waals surface area (Å²) in [4.78, 5) is 0. The van der Waals surface area contributed by atoms with Crippen LogP contribution in [0.5, 0.6) is 5.75 Å². The zero-order valence-electron chi connectivity index (χ0n) is 17.3. The first-order valence-electron chi connectivity index (χ1n) is 10.8. The minimum absolute atomic E-state index is 0.803. The Hall–Kier alpha value is -1.28. The van der Waals surface area contributed by atoms with Gasteiger partial charge < -0.3 is 9.30 Å². The molecule has 3 aromatic carbocycles. The van der Waals surface area contributed by atoms with Crippen LogP contribution >= 0.6 is 45.2 Å². The average Bonchev–Trinajstić information content (AvgIpc) is 3.06. The Morgan fingerprint density at radius 3 is 1.87 bits per heavy atom. The minimum atomic E-state index is 0.803. The summed E-state index contributed by atoms with van der Waals surface area (Å²) < 4.78 is 10.9. The normalized spacial score (nSPS) is 11.4. The predicted molar refractivity (Wildman–Crippen MR) is 145 cm³/mol. The quantitative estimate of drug-likeness (QED) is 0.134. The number of aromatic nitrogens is 1. The molecule has 0 aliphatic rings. The molecule has 0 radical (unpaired) electrons. The summed E-state index contributed by atoms with van der Waals surface area (Å²) in [6.07, 6.45) is 7.72. The largest absolute Gasteiger partial charge is 0.494 e. The summed E-state index contributed by atoms with van der Waals surface area (Å²) in [5, 5.41) is 2.61. The number of benzene rings is 3. The van der Waals surface area contributed by atoms with E-state index >= 15 is 0 Å². The fraction of sp³-hybridized carbons (Fsp3) is 0.308. The molecule has 1 aromatic heterocycles. The van der Waals surface area contributed by atoms with E-state index in [1.54, 1.807) is 0 Å². The van der Waals surface area contributed by atoms with Crippen molar-refractivity contribution in [3.8, 4) is 11.4 Å². The number of halogens is 2. The highest BCUT2D eigenvalue weighted by Crippen LogP contribution is 2.34. The van der Waals surface area contributed by atoms with Crippen molar-refractivity contribution in [2.75, 3.05) is 6.61 Å². The molecule has 0 saturated heterocycles. The smallest absolute Gasteiger partial charge is 0.119 e. The van der Waals surface area contributed by atoms with Gasteiger partial charge in [-0.25, -0.2) is 0 Å². The van der Waals surface area contributed by atoms with Crippen molar-refractivity contribution >= 4 is 67.0 Å². The van der Waals surface area contributed by atoms with E-state index in [2.05, 4.69) is 117 Å². The molecule has 1 heterocycles. The van der Waals surface area contributed by atoms with Gasteiger partial charge in [-0.3, -0.25) is 0 Å². The molecule has 30 heavy (non-hydrogen) atoms. The van der Waals surface area contributed by atoms with E-state index < -0.39 is 0 Å². The summed E-state index contributed by atoms with van der Waals surface area (Å²) in [5.41, 5.74) is 3.66. The minimum Gasteiger partial charge on any atom is -0.494 e. The first kappa shape index (κ1) is 21.9. The van der Waals surface area contributed by atoms with Crippen LogP contribution in [0, 0.1) is 7.14 Å². The number of fused-ring (bicyclic) bond motifs is 3. The van der Waals surface area contributed by atoms with E-state index in [1.165, 1.54) is 66.7 Å². The Morgan fingerprint density at radius 2 is 1.27 bits per heavy atom. The van der Waals surface area contributed by atoms with Crippen molar-refractivity contribution in [2.24, 2.45) is 0 Å². The highest BCUT2D eigenvalue weighted by Gasteiger charge is 2.13. The second-order valence-electron chi connectivity index (χ2n) is 7.77. The number of ether oxygens (including phenoxy) is 1. The van der Waals surface area contributed by atoms with Gasteiger partial charge in [-0.15, -0.1) is 0 Å². The lowest BCUT2D eigenvalue weighted by atomic mass is 10.1. The number of hydrogen-bond donors (Lipinski definition) is 0. The standard InChI is InChI=1S/C26H27I2NO/c1-2-3-4-5-6-7-16-30-22-12-10-21(11-13-22)29-25-14-8-19(27)17-23(25)24-18-20(28)9-15-26(24)29/h8-15,17-18H,2-7,16H2,1H3. The fourth-order valence-corrected chi connectivity index (χ4v) is 4.99. The number of unbranched alkanes of at least 4 members (excludes halogenated alkanes) is 5. The summed E-state index contributed by atoms with van der Waals surface area (Å²) in [6, 6.07) is 21.9. The molecule has 4 rings (SSSR count). The molecule has 4 aromatic rings. The zero-order valence-corrected chi connectivity index (χ0v) is 21.6. The second-order valence-corrected chi connectivity index (χ2v) is 10.3. The van der Waals surface area contributed by atoms with E-state index in [0.717, 1.165) is 18.8 Å². The summed E-state index contributed by atoms with van der Waals surface area (Å²) in [6.45, 7) is 3.06. The first-order chi connectivity index (χ1) is 14.7. The Bertz CT molecular complexity index is 1070. The Balaban J connectivity index is 1.54. The van der Waals surface area contributed by atoms with Crippen LogP contribution in [0.2, 0.25) is 0 Å². The van der Waals surface area contributed by atoms with Crippen LogP contribution < -0.4 is 4.74 Å². The van der Waals surface area contributed by atoms with Crippen LogP contribution in [0.4, 0.5) is 0 Å². The van der Waals surface area contributed by atoms with E-state index in [0.29, 0.717) is 0 Å². The van der Waals surface area contributed by atoms with E-state index in [4.69, 9.17) is 4.74 Å². The third-order valence-electron chi connectivity index (χ3n) is 5.55. The highest BCUT2D eigenvalue weighted by atomic mass is 127. The maximum absolute atomic E-state index is 5.98. The second kappa shape index (κ2) is 10.4. The van der Waals surface area contributed by atoms with E-state index in [1.807, 2.05) is 0 Å². The molecule has 0 aliphatic heterocycles. The molecule has 0 unspecified atom stereocenters. The zero-order chi connectivity index (χ0) is 20.9. The molecule has 0 saturated carbocycles. The number of hydrogen-bond acceptors (Lipinski definition) is 1. The van der Waals surface area contributed by atoms with E-state index in [9.17, 15) is 0 Å². The number of nitrogens with zero attached hydrogens (tertiary/aromatic N) is 1. The molecule has 156 valence electrons. The maximum Gasteiger partial charge on any atom is 0.119 e. The molecule has 0 fully saturated rings. The lowest BCUT2D eigenvalue weighted by Gasteiger charge is -2.10. The van der Waals surface area contributed by atoms with Gasteiger partial charge in [-0.1, -0.05) is 39.0 Å². The molecule has 0 aliphatic carbocycles. The van der Waals surface area contributed by atoms with Crippen molar-refractivity contribution in [1.29, 1.82) is 0 Å². The summed E-state index contributed by atoms with van der Waals surface area (Å²) >= 11 is 4.79. The predicted octanol–water partition coefficient (Wildman–Crippen LogP) is 8.73. The van der Waals surface area contributed by atoms with Gasteiger partial charge >= 0.3 is 0 Å². The lowest BCUT2D eigenvalue weighted by Crippen LogP contribution is -1.98. The van der Waals surface area contributed by atoms with Crippen LogP contribution in [0.15, 0.2) is 60.7 Å². The van der Waals surface area contributed by atoms with Crippen LogP contribution in [-0.2, 0) is 0 Å². The summed E-state index contributed by atoms with van der Waals surface area (Å²) in [7, 11) is 0. The van der Waals surface area contributed by atoms with Gasteiger partial charge in [0.15, 0.2) is 0 Å². The van der Waals surface area contributed by atoms with Crippen molar-refractivity contribution in [3.63, 3.8) is 0 Å². The molecule has 2 nitrogen and oxygen atoms in total. The topological polar surface area (TPSA) is 14.2 Å². The van der Waals surface area contributed by atoms with Crippen molar-refractivity contribution in [3.05, 3.63) is 67.8 Å². The average molecular weight is 623 g/mol. The monoisotopic (exact) mass is 623 g/mol. The third kappa shape index (κ3) is 4.96. The Labute approximate surface area is 206 Å². The molecule has 4 heteroatoms. The van der Waals surface area contributed by atoms with Gasteiger partial charge in [0, 0.05) is 23.6 Å². The van der Waals surface area contributed by atoms with E-state index in [-0.39, 0.29) is 0 Å². The SMILES string of the molecule is CCCCCCCCOc1ccc(-n2c3ccc(I)cc3c3cc(I)ccc32)cc1. The summed E-state index contributed by atoms with van der Waals surface area (Å²) in [5.74, 6) is 0.956. The fourth-order valence-electron chi connectivity index (χ4n) is 4.01. The van der Waals surface area contributed by atoms with Gasteiger partial charge in [0.2, 0.25) is 0 Å². The molecule has 0 spiro atoms. The van der Waals surface area contributed by atoms with Crippen LogP contribution in [-0.4, -0.2) is 11.2 Å². The van der Waals surface area contributed by atoms with Gasteiger partial charge in [-0.05, 0) is 112 Å². The van der Waals surface area contributed by atoms with Crippen molar-refractivity contribution in [1.82, 2.24) is 4.57 Å². The van der Waals surface area contributed by atoms with Crippen LogP contribution in [0.25, 0.3) is 27.5 Å². The van der Waals surface area contributed by atoms with Gasteiger partial charge in [0.1, 0.15) is 5.75 Å². The van der Waals surface area contributed by atoms with Crippen molar-refractivity contribution in [2.45, 2.75) is 45.4 Å². The maximum atomic E-state index is 5.98. The van der Waals surface area contributed by atoms with Crippen molar-refractivity contribution < 1.29 is 4.74 Å². The van der Waals surface area contributed by atoms with Crippen LogP contribution in [0.3, 0.4) is 0 Å². The number of rotatable bonds is 9. The molecule has 0 atom stereocenters. The molecular formula is C26H27I2NO. The first-order valence-corrected chi connectivity index (χ1v) is 13.0. The van der Waals surface area contributed by atoms with Crippen LogP contribution in [0.1, 0.15) is 45.4 Å². The highest BCUT2D eigenvalue weighted by molar-refractivity contribution is 14.1. The van der Waals surface area contributed by atoms with Gasteiger partial charge in [-0.2, -0.15) is 0 Å². The third-order valence-corrected chi connectivity index (χ3v) is 6.89. The molecule has 0 bridgehead atoms. The van der Waals surface area contributed by atoms with Gasteiger partial charge in [0.25, 0.3) is 0 Å². The Kier molecular flexibility index (Phi) is 7.57.